The molecule has 1 aliphatic rings. The Labute approximate surface area is 165 Å². The van der Waals surface area contributed by atoms with Crippen LogP contribution in [-0.2, 0) is 0 Å². The summed E-state index contributed by atoms with van der Waals surface area (Å²) >= 11 is 1.37. The van der Waals surface area contributed by atoms with E-state index in [1.54, 1.807) is 45.9 Å². The lowest BCUT2D eigenvalue weighted by atomic mass is 10.1. The first-order valence-corrected chi connectivity index (χ1v) is 9.76. The first-order chi connectivity index (χ1) is 13.6. The number of aromatic nitrogens is 4. The number of amides is 2. The summed E-state index contributed by atoms with van der Waals surface area (Å²) < 4.78 is 5.37. The first kappa shape index (κ1) is 18.2. The van der Waals surface area contributed by atoms with Crippen LogP contribution in [0.4, 0.5) is 0 Å². The van der Waals surface area contributed by atoms with E-state index in [0.717, 1.165) is 0 Å². The maximum atomic E-state index is 13.1. The zero-order valence-electron chi connectivity index (χ0n) is 15.2. The first-order valence-electron chi connectivity index (χ1n) is 8.82. The molecule has 1 fully saturated rings. The average Bonchev–Trinajstić information content (AvgIpc) is 3.35. The number of aryl methyl sites for hydroxylation is 1. The average molecular weight is 398 g/mol. The third-order valence-electron chi connectivity index (χ3n) is 4.53. The molecule has 0 bridgehead atoms. The molecule has 0 saturated carbocycles. The van der Waals surface area contributed by atoms with Crippen molar-refractivity contribution in [3.63, 3.8) is 0 Å². The summed E-state index contributed by atoms with van der Waals surface area (Å²) in [5.41, 5.74) is 2.50. The molecule has 10 heteroatoms. The molecule has 9 nitrogen and oxygen atoms in total. The number of hydrogen-bond acceptors (Lipinski definition) is 8. The molecule has 3 aromatic heterocycles. The van der Waals surface area contributed by atoms with Crippen LogP contribution >= 0.6 is 11.3 Å². The van der Waals surface area contributed by atoms with Crippen LogP contribution in [0.1, 0.15) is 45.0 Å². The number of nitrogens with zero attached hydrogens (tertiary/aromatic N) is 6. The van der Waals surface area contributed by atoms with Crippen molar-refractivity contribution in [2.24, 2.45) is 0 Å². The predicted octanol–water partition coefficient (Wildman–Crippen LogP) is 1.96. The van der Waals surface area contributed by atoms with Crippen LogP contribution < -0.4 is 0 Å². The second-order valence-corrected chi connectivity index (χ2v) is 7.13. The van der Waals surface area contributed by atoms with Gasteiger partial charge in [-0.25, -0.2) is 4.98 Å². The summed E-state index contributed by atoms with van der Waals surface area (Å²) in [6, 6.07) is 2.89. The molecule has 1 unspecified atom stereocenters. The van der Waals surface area contributed by atoms with Crippen molar-refractivity contribution >= 4 is 23.2 Å². The highest BCUT2D eigenvalue weighted by molar-refractivity contribution is 7.07. The van der Waals surface area contributed by atoms with Crippen molar-refractivity contribution in [1.29, 1.82) is 0 Å². The molecule has 4 rings (SSSR count). The smallest absolute Gasteiger partial charge is 0.273 e. The molecule has 1 aliphatic heterocycles. The summed E-state index contributed by atoms with van der Waals surface area (Å²) in [4.78, 5) is 41.8. The fourth-order valence-electron chi connectivity index (χ4n) is 3.21. The summed E-state index contributed by atoms with van der Waals surface area (Å²) in [7, 11) is 0. The molecular formula is C18H18N6O3S. The Kier molecular flexibility index (Phi) is 5.11. The number of hydrogen-bond donors (Lipinski definition) is 0. The molecule has 0 spiro atoms. The Morgan fingerprint density at radius 2 is 2.18 bits per heavy atom. The van der Waals surface area contributed by atoms with Crippen LogP contribution in [-0.4, -0.2) is 61.4 Å². The molecule has 2 amide bonds. The highest BCUT2D eigenvalue weighted by Crippen LogP contribution is 2.26. The Morgan fingerprint density at radius 1 is 1.29 bits per heavy atom. The Morgan fingerprint density at radius 3 is 2.86 bits per heavy atom. The predicted molar refractivity (Wildman–Crippen MR) is 99.7 cm³/mol. The number of carbonyl (C=O) groups is 2. The van der Waals surface area contributed by atoms with E-state index < -0.39 is 6.04 Å². The summed E-state index contributed by atoms with van der Waals surface area (Å²) in [5, 5.41) is 5.58. The van der Waals surface area contributed by atoms with E-state index in [9.17, 15) is 9.59 Å². The van der Waals surface area contributed by atoms with Crippen molar-refractivity contribution < 1.29 is 14.1 Å². The SMILES string of the molecule is Cc1noc(C2CN(C(=O)c3cscn3)CCCN2C(=O)c2cccnc2)n1. The van der Waals surface area contributed by atoms with Gasteiger partial charge < -0.3 is 14.3 Å². The van der Waals surface area contributed by atoms with Crippen LogP contribution in [0.3, 0.4) is 0 Å². The van der Waals surface area contributed by atoms with Crippen molar-refractivity contribution in [2.75, 3.05) is 19.6 Å². The molecule has 1 saturated heterocycles. The summed E-state index contributed by atoms with van der Waals surface area (Å²) in [6.45, 7) is 2.94. The summed E-state index contributed by atoms with van der Waals surface area (Å²) in [6.07, 6.45) is 3.78. The standard InChI is InChI=1S/C18H18N6O3S/c1-12-21-16(27-22-12)15-9-23(18(26)14-10-28-11-20-14)6-3-7-24(15)17(25)13-4-2-5-19-8-13/h2,4-5,8,10-11,15H,3,6-7,9H2,1H3. The highest BCUT2D eigenvalue weighted by atomic mass is 32.1. The van der Waals surface area contributed by atoms with E-state index in [1.807, 2.05) is 0 Å². The Bertz CT molecular complexity index is 959. The van der Waals surface area contributed by atoms with Gasteiger partial charge in [0.1, 0.15) is 11.7 Å². The largest absolute Gasteiger partial charge is 0.337 e. The molecule has 144 valence electrons. The minimum Gasteiger partial charge on any atom is -0.337 e. The molecule has 3 aromatic rings. The lowest BCUT2D eigenvalue weighted by Gasteiger charge is -2.29. The van der Waals surface area contributed by atoms with Gasteiger partial charge in [-0.05, 0) is 25.5 Å². The van der Waals surface area contributed by atoms with Crippen LogP contribution in [0.5, 0.6) is 0 Å². The molecule has 4 heterocycles. The topological polar surface area (TPSA) is 105 Å². The van der Waals surface area contributed by atoms with Gasteiger partial charge in [-0.2, -0.15) is 4.98 Å². The molecular weight excluding hydrogens is 380 g/mol. The summed E-state index contributed by atoms with van der Waals surface area (Å²) in [5.74, 6) is 0.438. The zero-order chi connectivity index (χ0) is 19.5. The minimum atomic E-state index is -0.543. The van der Waals surface area contributed by atoms with E-state index in [1.165, 1.54) is 17.5 Å². The van der Waals surface area contributed by atoms with E-state index in [4.69, 9.17) is 4.52 Å². The van der Waals surface area contributed by atoms with Gasteiger partial charge in [-0.3, -0.25) is 14.6 Å². The van der Waals surface area contributed by atoms with E-state index >= 15 is 0 Å². The molecule has 0 aliphatic carbocycles. The van der Waals surface area contributed by atoms with Gasteiger partial charge in [0.05, 0.1) is 17.6 Å². The second kappa shape index (κ2) is 7.85. The number of rotatable bonds is 3. The fraction of sp³-hybridized carbons (Fsp3) is 0.333. The van der Waals surface area contributed by atoms with Crippen molar-refractivity contribution in [3.8, 4) is 0 Å². The molecule has 0 N–H and O–H groups in total. The quantitative estimate of drug-likeness (QED) is 0.664. The minimum absolute atomic E-state index is 0.168. The van der Waals surface area contributed by atoms with Gasteiger partial charge in [0.2, 0.25) is 0 Å². The maximum absolute atomic E-state index is 13.1. The van der Waals surface area contributed by atoms with Gasteiger partial charge in [0.25, 0.3) is 17.7 Å². The van der Waals surface area contributed by atoms with E-state index in [-0.39, 0.29) is 18.4 Å². The van der Waals surface area contributed by atoms with Crippen molar-refractivity contribution in [3.05, 3.63) is 58.4 Å². The third-order valence-corrected chi connectivity index (χ3v) is 5.12. The normalized spacial score (nSPS) is 17.4. The van der Waals surface area contributed by atoms with Crippen molar-refractivity contribution in [1.82, 2.24) is 29.9 Å². The van der Waals surface area contributed by atoms with E-state index in [2.05, 4.69) is 20.1 Å². The van der Waals surface area contributed by atoms with Crippen LogP contribution in [0.25, 0.3) is 0 Å². The van der Waals surface area contributed by atoms with Gasteiger partial charge >= 0.3 is 0 Å². The zero-order valence-corrected chi connectivity index (χ0v) is 16.0. The molecule has 0 aromatic carbocycles. The Hall–Kier alpha value is -3.14. The lowest BCUT2D eigenvalue weighted by Crippen LogP contribution is -2.40. The van der Waals surface area contributed by atoms with Gasteiger partial charge in [-0.15, -0.1) is 11.3 Å². The maximum Gasteiger partial charge on any atom is 0.273 e. The van der Waals surface area contributed by atoms with Crippen molar-refractivity contribution in [2.45, 2.75) is 19.4 Å². The second-order valence-electron chi connectivity index (χ2n) is 6.41. The van der Waals surface area contributed by atoms with E-state index in [0.29, 0.717) is 42.5 Å². The number of carbonyl (C=O) groups excluding carboxylic acids is 2. The Balaban J connectivity index is 1.66. The number of thiazole rings is 1. The third kappa shape index (κ3) is 3.63. The fourth-order valence-corrected chi connectivity index (χ4v) is 3.73. The molecule has 1 atom stereocenters. The molecule has 0 radical (unpaired) electrons. The highest BCUT2D eigenvalue weighted by Gasteiger charge is 2.36. The van der Waals surface area contributed by atoms with Gasteiger partial charge in [-0.1, -0.05) is 5.16 Å². The van der Waals surface area contributed by atoms with Crippen LogP contribution in [0.2, 0.25) is 0 Å². The lowest BCUT2D eigenvalue weighted by molar-refractivity contribution is 0.0590. The number of pyridine rings is 1. The van der Waals surface area contributed by atoms with Crippen LogP contribution in [0, 0.1) is 6.92 Å². The van der Waals surface area contributed by atoms with Crippen LogP contribution in [0.15, 0.2) is 39.9 Å². The van der Waals surface area contributed by atoms with Gasteiger partial charge in [0, 0.05) is 30.9 Å². The monoisotopic (exact) mass is 398 g/mol. The molecule has 28 heavy (non-hydrogen) atoms. The van der Waals surface area contributed by atoms with Gasteiger partial charge in [0.15, 0.2) is 5.82 Å².